The molecule has 0 radical (unpaired) electrons. The quantitative estimate of drug-likeness (QED) is 0.547. The molecular formula is C11H8BrIN2O2S. The summed E-state index contributed by atoms with van der Waals surface area (Å²) in [6.07, 6.45) is 1.42. The van der Waals surface area contributed by atoms with Crippen LogP contribution in [0.15, 0.2) is 27.0 Å². The second kappa shape index (κ2) is 5.62. The van der Waals surface area contributed by atoms with Gasteiger partial charge in [0.05, 0.1) is 30.8 Å². The molecule has 0 aliphatic rings. The fourth-order valence-electron chi connectivity index (χ4n) is 1.36. The van der Waals surface area contributed by atoms with Crippen LogP contribution in [0.5, 0.6) is 0 Å². The van der Waals surface area contributed by atoms with E-state index in [-0.39, 0.29) is 17.9 Å². The van der Waals surface area contributed by atoms with Crippen LogP contribution in [0.25, 0.3) is 0 Å². The highest BCUT2D eigenvalue weighted by Gasteiger charge is 2.12. The molecule has 0 saturated carbocycles. The summed E-state index contributed by atoms with van der Waals surface area (Å²) in [5, 5.41) is 0. The molecule has 0 aromatic carbocycles. The van der Waals surface area contributed by atoms with Gasteiger partial charge in [-0.25, -0.2) is 4.98 Å². The van der Waals surface area contributed by atoms with Crippen molar-refractivity contribution >= 4 is 55.6 Å². The average molecular weight is 439 g/mol. The fraction of sp³-hybridized carbons (Fsp3) is 0.182. The zero-order valence-corrected chi connectivity index (χ0v) is 13.9. The topological polar surface area (TPSA) is 52.0 Å². The zero-order valence-electron chi connectivity index (χ0n) is 9.31. The van der Waals surface area contributed by atoms with Gasteiger partial charge in [-0.1, -0.05) is 0 Å². The predicted octanol–water partition coefficient (Wildman–Crippen LogP) is 2.86. The van der Waals surface area contributed by atoms with Crippen molar-refractivity contribution in [3.8, 4) is 0 Å². The van der Waals surface area contributed by atoms with Gasteiger partial charge >= 0.3 is 0 Å². The molecule has 0 aliphatic carbocycles. The Morgan fingerprint density at radius 2 is 2.28 bits per heavy atom. The van der Waals surface area contributed by atoms with Gasteiger partial charge in [0.1, 0.15) is 0 Å². The molecule has 0 unspecified atom stereocenters. The maximum atomic E-state index is 12.0. The number of carbonyl (C=O) groups is 1. The Kier molecular flexibility index (Phi) is 4.33. The molecule has 4 nitrogen and oxygen atoms in total. The van der Waals surface area contributed by atoms with Gasteiger partial charge in [-0.05, 0) is 57.6 Å². The Morgan fingerprint density at radius 1 is 1.56 bits per heavy atom. The minimum absolute atomic E-state index is 0.0229. The van der Waals surface area contributed by atoms with E-state index >= 15 is 0 Å². The van der Waals surface area contributed by atoms with Gasteiger partial charge in [-0.3, -0.25) is 14.2 Å². The maximum Gasteiger partial charge on any atom is 0.267 e. The Bertz CT molecular complexity index is 665. The molecule has 94 valence electrons. The molecule has 2 aromatic rings. The Morgan fingerprint density at radius 3 is 2.89 bits per heavy atom. The van der Waals surface area contributed by atoms with Gasteiger partial charge in [-0.15, -0.1) is 11.3 Å². The van der Waals surface area contributed by atoms with Gasteiger partial charge in [0.15, 0.2) is 5.78 Å². The van der Waals surface area contributed by atoms with Crippen LogP contribution in [0.4, 0.5) is 0 Å². The van der Waals surface area contributed by atoms with Gasteiger partial charge in [0.2, 0.25) is 0 Å². The number of hydrogen-bond acceptors (Lipinski definition) is 4. The second-order valence-corrected chi connectivity index (χ2v) is 7.15. The van der Waals surface area contributed by atoms with Crippen LogP contribution in [0.2, 0.25) is 0 Å². The summed E-state index contributed by atoms with van der Waals surface area (Å²) in [5.41, 5.74) is 0.509. The lowest BCUT2D eigenvalue weighted by Gasteiger charge is -2.05. The normalized spacial score (nSPS) is 10.6. The van der Waals surface area contributed by atoms with E-state index in [4.69, 9.17) is 0 Å². The van der Waals surface area contributed by atoms with Gasteiger partial charge in [0.25, 0.3) is 5.56 Å². The third-order valence-corrected chi connectivity index (χ3v) is 5.23. The van der Waals surface area contributed by atoms with Crippen LogP contribution in [0.3, 0.4) is 0 Å². The van der Waals surface area contributed by atoms with E-state index in [9.17, 15) is 9.59 Å². The molecule has 18 heavy (non-hydrogen) atoms. The summed E-state index contributed by atoms with van der Waals surface area (Å²) in [7, 11) is 0. The molecular weight excluding hydrogens is 431 g/mol. The van der Waals surface area contributed by atoms with Crippen LogP contribution in [0.1, 0.15) is 15.4 Å². The molecule has 0 spiro atoms. The van der Waals surface area contributed by atoms with Crippen LogP contribution < -0.4 is 5.56 Å². The molecule has 0 fully saturated rings. The van der Waals surface area contributed by atoms with E-state index in [1.807, 2.05) is 28.7 Å². The Hall–Kier alpha value is -0.540. The molecule has 0 amide bonds. The highest BCUT2D eigenvalue weighted by Crippen LogP contribution is 2.22. The van der Waals surface area contributed by atoms with E-state index in [1.54, 1.807) is 13.0 Å². The summed E-state index contributed by atoms with van der Waals surface area (Å²) in [6, 6.07) is 3.56. The van der Waals surface area contributed by atoms with Crippen molar-refractivity contribution in [2.75, 3.05) is 0 Å². The number of hydrogen-bond donors (Lipinski definition) is 0. The van der Waals surface area contributed by atoms with Crippen LogP contribution >= 0.6 is 49.9 Å². The lowest BCUT2D eigenvalue weighted by molar-refractivity contribution is 0.0974. The first kappa shape index (κ1) is 13.9. The number of rotatable bonds is 3. The first-order valence-electron chi connectivity index (χ1n) is 4.99. The van der Waals surface area contributed by atoms with Crippen LogP contribution in [-0.2, 0) is 6.54 Å². The molecule has 0 bridgehead atoms. The smallest absolute Gasteiger partial charge is 0.267 e. The minimum Gasteiger partial charge on any atom is -0.291 e. The number of Topliss-reactive ketones (excluding diaryl/α,β-unsaturated/α-hetero) is 1. The third kappa shape index (κ3) is 2.89. The summed E-state index contributed by atoms with van der Waals surface area (Å²) in [4.78, 5) is 28.6. The van der Waals surface area contributed by atoms with Crippen molar-refractivity contribution in [2.45, 2.75) is 13.5 Å². The van der Waals surface area contributed by atoms with Crippen molar-refractivity contribution in [3.63, 3.8) is 0 Å². The number of halogens is 2. The van der Waals surface area contributed by atoms with E-state index in [2.05, 4.69) is 20.9 Å². The summed E-state index contributed by atoms with van der Waals surface area (Å²) < 4.78 is 2.79. The highest BCUT2D eigenvalue weighted by molar-refractivity contribution is 14.1. The van der Waals surface area contributed by atoms with Crippen LogP contribution in [-0.4, -0.2) is 15.3 Å². The van der Waals surface area contributed by atoms with E-state index in [1.165, 1.54) is 22.2 Å². The van der Waals surface area contributed by atoms with Gasteiger partial charge in [0, 0.05) is 0 Å². The number of thiophene rings is 1. The molecule has 0 aliphatic heterocycles. The molecule has 0 saturated heterocycles. The van der Waals surface area contributed by atoms with E-state index in [0.717, 1.165) is 3.79 Å². The van der Waals surface area contributed by atoms with Crippen molar-refractivity contribution in [1.82, 2.24) is 9.55 Å². The van der Waals surface area contributed by atoms with Crippen molar-refractivity contribution < 1.29 is 4.79 Å². The number of aryl methyl sites for hydroxylation is 1. The predicted molar refractivity (Wildman–Crippen MR) is 82.3 cm³/mol. The summed E-state index contributed by atoms with van der Waals surface area (Å²) in [6.45, 7) is 1.79. The van der Waals surface area contributed by atoms with Gasteiger partial charge < -0.3 is 0 Å². The molecule has 0 atom stereocenters. The lowest BCUT2D eigenvalue weighted by Crippen LogP contribution is -2.27. The second-order valence-electron chi connectivity index (χ2n) is 3.60. The van der Waals surface area contributed by atoms with Crippen LogP contribution in [0, 0.1) is 10.5 Å². The molecule has 2 aromatic heterocycles. The molecule has 7 heteroatoms. The SMILES string of the molecule is Cc1ncn(CC(=O)c2ccc(Br)s2)c(=O)c1I. The first-order valence-corrected chi connectivity index (χ1v) is 7.68. The Balaban J connectivity index is 2.28. The van der Waals surface area contributed by atoms with E-state index in [0.29, 0.717) is 14.1 Å². The van der Waals surface area contributed by atoms with Gasteiger partial charge in [-0.2, -0.15) is 0 Å². The third-order valence-electron chi connectivity index (χ3n) is 2.32. The standard InChI is InChI=1S/C11H8BrIN2O2S/c1-6-10(13)11(17)15(5-14-6)4-7(16)8-2-3-9(12)18-8/h2-3,5H,4H2,1H3. The summed E-state index contributed by atoms with van der Waals surface area (Å²) in [5.74, 6) is -0.0887. The first-order chi connectivity index (χ1) is 8.49. The molecule has 2 rings (SSSR count). The number of nitrogens with zero attached hydrogens (tertiary/aromatic N) is 2. The van der Waals surface area contributed by atoms with Crippen molar-refractivity contribution in [3.05, 3.63) is 46.7 Å². The largest absolute Gasteiger partial charge is 0.291 e. The lowest BCUT2D eigenvalue weighted by atomic mass is 10.3. The van der Waals surface area contributed by atoms with E-state index < -0.39 is 0 Å². The fourth-order valence-corrected chi connectivity index (χ4v) is 3.12. The number of carbonyl (C=O) groups excluding carboxylic acids is 1. The van der Waals surface area contributed by atoms with Crippen molar-refractivity contribution in [2.24, 2.45) is 0 Å². The highest BCUT2D eigenvalue weighted by atomic mass is 127. The molecule has 2 heterocycles. The zero-order chi connectivity index (χ0) is 13.3. The maximum absolute atomic E-state index is 12.0. The minimum atomic E-state index is -0.174. The number of aromatic nitrogens is 2. The Labute approximate surface area is 129 Å². The monoisotopic (exact) mass is 438 g/mol. The molecule has 0 N–H and O–H groups in total. The number of ketones is 1. The van der Waals surface area contributed by atoms with Crippen molar-refractivity contribution in [1.29, 1.82) is 0 Å². The summed E-state index contributed by atoms with van der Waals surface area (Å²) >= 11 is 6.61. The average Bonchev–Trinajstić information content (AvgIpc) is 2.77.